The summed E-state index contributed by atoms with van der Waals surface area (Å²) in [5.74, 6) is -14.8. The van der Waals surface area contributed by atoms with Gasteiger partial charge in [-0.2, -0.15) is 46.1 Å². The zero-order valence-corrected chi connectivity index (χ0v) is 18.7. The van der Waals surface area contributed by atoms with Crippen LogP contribution in [0.4, 0.5) is 30.7 Å². The fourth-order valence-corrected chi connectivity index (χ4v) is 3.43. The molecule has 1 aliphatic heterocycles. The Morgan fingerprint density at radius 3 is 2.29 bits per heavy atom. The number of hydrogen-bond donors (Lipinski definition) is 1. The Hall–Kier alpha value is -3.18. The molecule has 186 valence electrons. The molecule has 0 aliphatic carbocycles. The van der Waals surface area contributed by atoms with E-state index in [2.05, 4.69) is 21.0 Å². The Balaban J connectivity index is 2.02. The summed E-state index contributed by atoms with van der Waals surface area (Å²) in [4.78, 5) is 12.7. The van der Waals surface area contributed by atoms with Gasteiger partial charge in [-0.15, -0.1) is 0 Å². The van der Waals surface area contributed by atoms with Crippen LogP contribution in [0.1, 0.15) is 17.5 Å². The number of ether oxygens (including phenoxy) is 1. The molecule has 35 heavy (non-hydrogen) atoms. The van der Waals surface area contributed by atoms with E-state index in [4.69, 9.17) is 10.00 Å². The van der Waals surface area contributed by atoms with Gasteiger partial charge in [0.15, 0.2) is 6.61 Å². The summed E-state index contributed by atoms with van der Waals surface area (Å²) in [5, 5.41) is 22.6. The lowest BCUT2D eigenvalue weighted by molar-refractivity contribution is -0.401. The van der Waals surface area contributed by atoms with Crippen molar-refractivity contribution in [3.63, 3.8) is 0 Å². The lowest BCUT2D eigenvalue weighted by Gasteiger charge is -2.41. The van der Waals surface area contributed by atoms with Crippen LogP contribution in [0.15, 0.2) is 58.1 Å². The predicted molar refractivity (Wildman–Crippen MR) is 110 cm³/mol. The first kappa shape index (κ1) is 26.4. The lowest BCUT2D eigenvalue weighted by Crippen LogP contribution is -2.69. The van der Waals surface area contributed by atoms with E-state index in [9.17, 15) is 40.6 Å². The van der Waals surface area contributed by atoms with Crippen molar-refractivity contribution in [2.75, 3.05) is 6.61 Å². The second-order valence-electron chi connectivity index (χ2n) is 7.30. The number of hydrazone groups is 1. The molecule has 0 fully saturated rings. The highest BCUT2D eigenvalue weighted by Gasteiger charge is 2.82. The van der Waals surface area contributed by atoms with E-state index in [0.29, 0.717) is 4.47 Å². The van der Waals surface area contributed by atoms with E-state index < -0.39 is 53.4 Å². The van der Waals surface area contributed by atoms with Crippen LogP contribution < -0.4 is 4.74 Å². The first-order valence-electron chi connectivity index (χ1n) is 9.49. The third-order valence-electron chi connectivity index (χ3n) is 5.01. The molecule has 3 rings (SSSR count). The van der Waals surface area contributed by atoms with Crippen LogP contribution in [-0.2, 0) is 4.79 Å². The van der Waals surface area contributed by atoms with Crippen molar-refractivity contribution in [1.29, 1.82) is 5.26 Å². The second kappa shape index (κ2) is 9.12. The maximum atomic E-state index is 14.8. The van der Waals surface area contributed by atoms with Crippen molar-refractivity contribution in [2.45, 2.75) is 30.2 Å². The van der Waals surface area contributed by atoms with E-state index in [1.54, 1.807) is 6.07 Å². The molecular formula is C21H13BrF7N3O3. The van der Waals surface area contributed by atoms with Gasteiger partial charge in [0, 0.05) is 10.9 Å². The van der Waals surface area contributed by atoms with Crippen LogP contribution in [0.25, 0.3) is 0 Å². The Bertz CT molecular complexity index is 1200. The summed E-state index contributed by atoms with van der Waals surface area (Å²) in [6.07, 6.45) is -8.31. The SMILES string of the molecule is N#Cc1ccccc1OCC(=O)N1N=C(c2ccc(Br)cc2)C[C@]1(O)C(F)(F)C(F)(F)C(F)(F)F. The minimum atomic E-state index is -6.76. The maximum absolute atomic E-state index is 14.8. The number of carbonyl (C=O) groups is 1. The molecule has 0 saturated heterocycles. The largest absolute Gasteiger partial charge is 0.482 e. The van der Waals surface area contributed by atoms with Crippen LogP contribution in [0, 0.1) is 11.3 Å². The van der Waals surface area contributed by atoms with E-state index >= 15 is 0 Å². The number of benzene rings is 2. The van der Waals surface area contributed by atoms with Crippen molar-refractivity contribution >= 4 is 27.5 Å². The first-order chi connectivity index (χ1) is 16.2. The highest BCUT2D eigenvalue weighted by molar-refractivity contribution is 9.10. The van der Waals surface area contributed by atoms with E-state index in [-0.39, 0.29) is 16.9 Å². The van der Waals surface area contributed by atoms with Gasteiger partial charge >= 0.3 is 18.0 Å². The van der Waals surface area contributed by atoms with Gasteiger partial charge in [0.05, 0.1) is 11.3 Å². The number of para-hydroxylation sites is 1. The number of alkyl halides is 7. The monoisotopic (exact) mass is 567 g/mol. The molecule has 0 unspecified atom stereocenters. The zero-order valence-electron chi connectivity index (χ0n) is 17.2. The normalized spacial score (nSPS) is 18.7. The summed E-state index contributed by atoms with van der Waals surface area (Å²) in [6, 6.07) is 12.4. The minimum absolute atomic E-state index is 0.0243. The number of nitriles is 1. The van der Waals surface area contributed by atoms with Gasteiger partial charge in [-0.25, -0.2) is 0 Å². The highest BCUT2D eigenvalue weighted by Crippen LogP contribution is 2.54. The van der Waals surface area contributed by atoms with Crippen molar-refractivity contribution in [1.82, 2.24) is 5.01 Å². The average molecular weight is 568 g/mol. The first-order valence-corrected chi connectivity index (χ1v) is 10.3. The Labute approximate surface area is 201 Å². The van der Waals surface area contributed by atoms with Crippen LogP contribution in [0.3, 0.4) is 0 Å². The maximum Gasteiger partial charge on any atom is 0.460 e. The minimum Gasteiger partial charge on any atom is -0.482 e. The number of carbonyl (C=O) groups excluding carboxylic acids is 1. The van der Waals surface area contributed by atoms with E-state index in [1.807, 2.05) is 0 Å². The summed E-state index contributed by atoms with van der Waals surface area (Å²) in [6.45, 7) is -1.22. The van der Waals surface area contributed by atoms with Gasteiger partial charge in [0.25, 0.3) is 5.91 Å². The molecule has 0 aromatic heterocycles. The molecule has 1 heterocycles. The van der Waals surface area contributed by atoms with Crippen LogP contribution in [-0.4, -0.2) is 52.1 Å². The van der Waals surface area contributed by atoms with Gasteiger partial charge in [-0.3, -0.25) is 4.79 Å². The van der Waals surface area contributed by atoms with Crippen molar-refractivity contribution in [3.8, 4) is 11.8 Å². The van der Waals surface area contributed by atoms with Crippen LogP contribution in [0.2, 0.25) is 0 Å². The van der Waals surface area contributed by atoms with Crippen molar-refractivity contribution < 1.29 is 45.4 Å². The molecular weight excluding hydrogens is 555 g/mol. The quantitative estimate of drug-likeness (QED) is 0.505. The predicted octanol–water partition coefficient (Wildman–Crippen LogP) is 4.86. The molecule has 2 aromatic carbocycles. The summed E-state index contributed by atoms with van der Waals surface area (Å²) in [7, 11) is 0. The van der Waals surface area contributed by atoms with Gasteiger partial charge in [-0.05, 0) is 29.8 Å². The second-order valence-corrected chi connectivity index (χ2v) is 8.21. The molecule has 14 heteroatoms. The molecule has 0 bridgehead atoms. The molecule has 0 spiro atoms. The summed E-state index contributed by atoms with van der Waals surface area (Å²) < 4.78 is 101. The number of hydrogen-bond acceptors (Lipinski definition) is 5. The molecule has 1 atom stereocenters. The molecule has 6 nitrogen and oxygen atoms in total. The Morgan fingerprint density at radius 1 is 1.11 bits per heavy atom. The average Bonchev–Trinajstić information content (AvgIpc) is 3.16. The van der Waals surface area contributed by atoms with Gasteiger partial charge < -0.3 is 9.84 Å². The standard InChI is InChI=1S/C21H13BrF7N3O3/c22-14-7-5-12(6-8-14)15-9-18(34,19(23,24)20(25,26)21(27,28)29)32(31-15)17(33)11-35-16-4-2-1-3-13(16)10-30/h1-8,34H,9,11H2/t18-/m0/s1. The Kier molecular flexibility index (Phi) is 6.89. The lowest BCUT2D eigenvalue weighted by atomic mass is 9.91. The highest BCUT2D eigenvalue weighted by atomic mass is 79.9. The number of nitrogens with zero attached hydrogens (tertiary/aromatic N) is 3. The molecule has 1 amide bonds. The summed E-state index contributed by atoms with van der Waals surface area (Å²) >= 11 is 3.11. The third-order valence-corrected chi connectivity index (χ3v) is 5.54. The number of halogens is 8. The number of rotatable bonds is 6. The molecule has 2 aromatic rings. The Morgan fingerprint density at radius 2 is 1.71 bits per heavy atom. The topological polar surface area (TPSA) is 85.9 Å². The fourth-order valence-electron chi connectivity index (χ4n) is 3.17. The molecule has 1 N–H and O–H groups in total. The van der Waals surface area contributed by atoms with E-state index in [0.717, 1.165) is 0 Å². The number of amides is 1. The van der Waals surface area contributed by atoms with E-state index in [1.165, 1.54) is 48.5 Å². The summed E-state index contributed by atoms with van der Waals surface area (Å²) in [5.41, 5.74) is -5.05. The van der Waals surface area contributed by atoms with Crippen LogP contribution >= 0.6 is 15.9 Å². The molecule has 1 aliphatic rings. The van der Waals surface area contributed by atoms with Crippen molar-refractivity contribution in [2.24, 2.45) is 5.10 Å². The molecule has 0 saturated carbocycles. The number of aliphatic hydroxyl groups is 1. The smallest absolute Gasteiger partial charge is 0.460 e. The van der Waals surface area contributed by atoms with Crippen LogP contribution in [0.5, 0.6) is 5.75 Å². The van der Waals surface area contributed by atoms with Crippen molar-refractivity contribution in [3.05, 3.63) is 64.1 Å². The third kappa shape index (κ3) is 4.57. The zero-order chi connectivity index (χ0) is 26.2. The fraction of sp³-hybridized carbons (Fsp3) is 0.286. The molecule has 0 radical (unpaired) electrons. The van der Waals surface area contributed by atoms with Gasteiger partial charge in [0.2, 0.25) is 5.72 Å². The van der Waals surface area contributed by atoms with Gasteiger partial charge in [-0.1, -0.05) is 40.2 Å². The van der Waals surface area contributed by atoms with Gasteiger partial charge in [0.1, 0.15) is 11.8 Å².